The Morgan fingerprint density at radius 2 is 2.03 bits per heavy atom. The van der Waals surface area contributed by atoms with E-state index in [4.69, 9.17) is 4.98 Å². The second-order valence-electron chi connectivity index (χ2n) is 9.23. The van der Waals surface area contributed by atoms with E-state index in [1.807, 2.05) is 29.0 Å². The smallest absolute Gasteiger partial charge is 0.254 e. The Hall–Kier alpha value is -2.97. The summed E-state index contributed by atoms with van der Waals surface area (Å²) >= 11 is 0. The number of amides is 2. The molecular formula is C23H30N6O3. The number of nitrogens with zero attached hydrogens (tertiary/aromatic N) is 5. The highest BCUT2D eigenvalue weighted by atomic mass is 16.2. The Morgan fingerprint density at radius 1 is 1.19 bits per heavy atom. The molecule has 9 nitrogen and oxygen atoms in total. The quantitative estimate of drug-likeness (QED) is 0.765. The van der Waals surface area contributed by atoms with Gasteiger partial charge in [0.05, 0.1) is 24.0 Å². The third-order valence-electron chi connectivity index (χ3n) is 6.80. The predicted octanol–water partition coefficient (Wildman–Crippen LogP) is 1.71. The van der Waals surface area contributed by atoms with Crippen LogP contribution in [0.3, 0.4) is 0 Å². The summed E-state index contributed by atoms with van der Waals surface area (Å²) in [5.74, 6) is 0.942. The first-order chi connectivity index (χ1) is 15.5. The number of aryl methyl sites for hydroxylation is 2. The number of carbonyl (C=O) groups is 2. The predicted molar refractivity (Wildman–Crippen MR) is 117 cm³/mol. The van der Waals surface area contributed by atoms with Gasteiger partial charge in [-0.2, -0.15) is 5.10 Å². The van der Waals surface area contributed by atoms with E-state index >= 15 is 0 Å². The van der Waals surface area contributed by atoms with Crippen LogP contribution in [0.4, 0.5) is 0 Å². The lowest BCUT2D eigenvalue weighted by Gasteiger charge is -2.36. The molecule has 2 amide bonds. The van der Waals surface area contributed by atoms with Gasteiger partial charge in [0, 0.05) is 43.7 Å². The SMILES string of the molecule is Cc1ccn(CCC(=O)N2CCCC[C@H]2c2nc3c(c(=O)[nH]2)CCN(C(=O)C2CC2)C3)n1. The van der Waals surface area contributed by atoms with Crippen LogP contribution in [0, 0.1) is 12.8 Å². The molecule has 1 atom stereocenters. The second kappa shape index (κ2) is 8.52. The van der Waals surface area contributed by atoms with Gasteiger partial charge in [0.1, 0.15) is 5.82 Å². The number of H-pyrrole nitrogens is 1. The van der Waals surface area contributed by atoms with Crippen LogP contribution in [-0.4, -0.2) is 54.5 Å². The monoisotopic (exact) mass is 438 g/mol. The average Bonchev–Trinajstić information content (AvgIpc) is 3.57. The molecule has 170 valence electrons. The fourth-order valence-electron chi connectivity index (χ4n) is 4.85. The number of piperidine rings is 1. The summed E-state index contributed by atoms with van der Waals surface area (Å²) in [6, 6.07) is 1.69. The van der Waals surface area contributed by atoms with Gasteiger partial charge in [-0.3, -0.25) is 19.1 Å². The highest BCUT2D eigenvalue weighted by Crippen LogP contribution is 2.33. The standard InChI is InChI=1S/C23H30N6O3/c1-15-7-12-28(26-15)13-9-20(30)29-10-3-2-4-19(29)21-24-18-14-27(23(32)16-5-6-16)11-8-17(18)22(31)25-21/h7,12,16,19H,2-6,8-11,13-14H2,1H3,(H,24,25,31)/t19-/m0/s1. The molecular weight excluding hydrogens is 408 g/mol. The van der Waals surface area contributed by atoms with Gasteiger partial charge in [-0.25, -0.2) is 4.98 Å². The van der Waals surface area contributed by atoms with E-state index in [1.165, 1.54) is 0 Å². The van der Waals surface area contributed by atoms with E-state index in [-0.39, 0.29) is 29.3 Å². The molecule has 3 aliphatic rings. The summed E-state index contributed by atoms with van der Waals surface area (Å²) in [6.45, 7) is 4.09. The van der Waals surface area contributed by atoms with Crippen molar-refractivity contribution in [2.45, 2.75) is 71.0 Å². The number of hydrogen-bond acceptors (Lipinski definition) is 5. The molecule has 2 aromatic heterocycles. The maximum absolute atomic E-state index is 13.1. The number of fused-ring (bicyclic) bond motifs is 1. The average molecular weight is 439 g/mol. The molecule has 0 bridgehead atoms. The molecule has 1 saturated heterocycles. The van der Waals surface area contributed by atoms with Gasteiger partial charge in [0.2, 0.25) is 11.8 Å². The molecule has 32 heavy (non-hydrogen) atoms. The van der Waals surface area contributed by atoms with Crippen molar-refractivity contribution >= 4 is 11.8 Å². The van der Waals surface area contributed by atoms with E-state index in [9.17, 15) is 14.4 Å². The molecule has 0 unspecified atom stereocenters. The van der Waals surface area contributed by atoms with Gasteiger partial charge in [-0.05, 0) is 51.5 Å². The van der Waals surface area contributed by atoms with Crippen LogP contribution < -0.4 is 5.56 Å². The molecule has 1 N–H and O–H groups in total. The number of carbonyl (C=O) groups excluding carboxylic acids is 2. The molecule has 2 aliphatic heterocycles. The molecule has 1 saturated carbocycles. The first-order valence-corrected chi connectivity index (χ1v) is 11.7. The number of hydrogen-bond donors (Lipinski definition) is 1. The molecule has 0 spiro atoms. The maximum Gasteiger partial charge on any atom is 0.254 e. The highest BCUT2D eigenvalue weighted by Gasteiger charge is 2.36. The molecule has 0 aromatic carbocycles. The third kappa shape index (κ3) is 4.20. The van der Waals surface area contributed by atoms with Gasteiger partial charge < -0.3 is 14.8 Å². The highest BCUT2D eigenvalue weighted by molar-refractivity contribution is 5.81. The van der Waals surface area contributed by atoms with Crippen molar-refractivity contribution < 1.29 is 9.59 Å². The Labute approximate surface area is 186 Å². The van der Waals surface area contributed by atoms with Crippen LogP contribution >= 0.6 is 0 Å². The summed E-state index contributed by atoms with van der Waals surface area (Å²) in [7, 11) is 0. The molecule has 2 aromatic rings. The van der Waals surface area contributed by atoms with Crippen molar-refractivity contribution in [2.75, 3.05) is 13.1 Å². The van der Waals surface area contributed by atoms with Crippen LogP contribution in [0.2, 0.25) is 0 Å². The minimum atomic E-state index is -0.233. The van der Waals surface area contributed by atoms with Gasteiger partial charge in [-0.15, -0.1) is 0 Å². The van der Waals surface area contributed by atoms with Crippen LogP contribution in [0.15, 0.2) is 17.1 Å². The fourth-order valence-corrected chi connectivity index (χ4v) is 4.85. The lowest BCUT2D eigenvalue weighted by molar-refractivity contribution is -0.135. The van der Waals surface area contributed by atoms with Crippen molar-refractivity contribution in [3.63, 3.8) is 0 Å². The summed E-state index contributed by atoms with van der Waals surface area (Å²) in [5.41, 5.74) is 2.16. The van der Waals surface area contributed by atoms with Crippen LogP contribution in [0.5, 0.6) is 0 Å². The third-order valence-corrected chi connectivity index (χ3v) is 6.80. The lowest BCUT2D eigenvalue weighted by Crippen LogP contribution is -2.43. The Morgan fingerprint density at radius 3 is 2.78 bits per heavy atom. The van der Waals surface area contributed by atoms with Crippen LogP contribution in [0.1, 0.15) is 67.3 Å². The molecule has 4 heterocycles. The van der Waals surface area contributed by atoms with Crippen molar-refractivity contribution in [1.82, 2.24) is 29.5 Å². The zero-order valence-electron chi connectivity index (χ0n) is 18.5. The zero-order chi connectivity index (χ0) is 22.2. The minimum Gasteiger partial charge on any atom is -0.336 e. The van der Waals surface area contributed by atoms with E-state index in [2.05, 4.69) is 10.1 Å². The number of rotatable bonds is 5. The first kappa shape index (κ1) is 20.9. The van der Waals surface area contributed by atoms with Crippen molar-refractivity contribution in [2.24, 2.45) is 5.92 Å². The Kier molecular flexibility index (Phi) is 5.57. The summed E-state index contributed by atoms with van der Waals surface area (Å²) in [5, 5.41) is 4.36. The Bertz CT molecular complexity index is 1090. The normalized spacial score (nSPS) is 20.8. The van der Waals surface area contributed by atoms with E-state index in [0.717, 1.165) is 37.8 Å². The van der Waals surface area contributed by atoms with Crippen LogP contribution in [-0.2, 0) is 29.1 Å². The van der Waals surface area contributed by atoms with Crippen molar-refractivity contribution in [3.05, 3.63) is 45.4 Å². The van der Waals surface area contributed by atoms with E-state index in [1.54, 1.807) is 4.68 Å². The molecule has 1 aliphatic carbocycles. The van der Waals surface area contributed by atoms with Gasteiger partial charge >= 0.3 is 0 Å². The lowest BCUT2D eigenvalue weighted by atomic mass is 9.99. The summed E-state index contributed by atoms with van der Waals surface area (Å²) < 4.78 is 1.79. The van der Waals surface area contributed by atoms with Crippen LogP contribution in [0.25, 0.3) is 0 Å². The van der Waals surface area contributed by atoms with Crippen molar-refractivity contribution in [1.29, 1.82) is 0 Å². The molecule has 0 radical (unpaired) electrons. The topological polar surface area (TPSA) is 104 Å². The minimum absolute atomic E-state index is 0.0498. The fraction of sp³-hybridized carbons (Fsp3) is 0.609. The molecule has 5 rings (SSSR count). The maximum atomic E-state index is 13.1. The summed E-state index contributed by atoms with van der Waals surface area (Å²) in [6.07, 6.45) is 7.42. The summed E-state index contributed by atoms with van der Waals surface area (Å²) in [4.78, 5) is 49.9. The van der Waals surface area contributed by atoms with Gasteiger partial charge in [0.15, 0.2) is 0 Å². The number of aromatic amines is 1. The largest absolute Gasteiger partial charge is 0.336 e. The molecule has 9 heteroatoms. The number of nitrogens with one attached hydrogen (secondary N) is 1. The van der Waals surface area contributed by atoms with E-state index < -0.39 is 0 Å². The zero-order valence-corrected chi connectivity index (χ0v) is 18.5. The Balaban J connectivity index is 1.34. The number of aromatic nitrogens is 4. The van der Waals surface area contributed by atoms with Crippen molar-refractivity contribution in [3.8, 4) is 0 Å². The number of likely N-dealkylation sites (tertiary alicyclic amines) is 1. The van der Waals surface area contributed by atoms with Gasteiger partial charge in [-0.1, -0.05) is 0 Å². The van der Waals surface area contributed by atoms with Gasteiger partial charge in [0.25, 0.3) is 5.56 Å². The van der Waals surface area contributed by atoms with E-state index in [0.29, 0.717) is 56.1 Å². The molecule has 2 fully saturated rings. The first-order valence-electron chi connectivity index (χ1n) is 11.7. The second-order valence-corrected chi connectivity index (χ2v) is 9.23.